The van der Waals surface area contributed by atoms with Gasteiger partial charge in [-0.2, -0.15) is 10.2 Å². The number of nitrogens with zero attached hydrogens (tertiary/aromatic N) is 2. The van der Waals surface area contributed by atoms with Gasteiger partial charge in [-0.15, -0.1) is 0 Å². The summed E-state index contributed by atoms with van der Waals surface area (Å²) in [4.78, 5) is 0. The van der Waals surface area contributed by atoms with Crippen molar-refractivity contribution in [2.24, 2.45) is 10.2 Å². The molecule has 0 aliphatic carbocycles. The van der Waals surface area contributed by atoms with Crippen LogP contribution in [0.15, 0.2) is 22.5 Å². The highest BCUT2D eigenvalue weighted by molar-refractivity contribution is 5.08. The molecule has 2 heteroatoms. The summed E-state index contributed by atoms with van der Waals surface area (Å²) in [5.41, 5.74) is 0.0556. The van der Waals surface area contributed by atoms with E-state index in [2.05, 4.69) is 30.2 Å². The first-order chi connectivity index (χ1) is 4.33. The van der Waals surface area contributed by atoms with Crippen LogP contribution in [-0.2, 0) is 0 Å². The fraction of sp³-hybridized carbons (Fsp3) is 0.714. The van der Waals surface area contributed by atoms with Gasteiger partial charge in [0.15, 0.2) is 0 Å². The maximum atomic E-state index is 4.12. The largest absolute Gasteiger partial charge is 0.178 e. The van der Waals surface area contributed by atoms with Crippen molar-refractivity contribution in [2.45, 2.75) is 32.2 Å². The summed E-state index contributed by atoms with van der Waals surface area (Å²) in [7, 11) is 0. The molecule has 1 heterocycles. The SMILES string of the molecule is CCC1(CC)C=CN=N1. The van der Waals surface area contributed by atoms with Crippen LogP contribution in [0.2, 0.25) is 0 Å². The third kappa shape index (κ3) is 1.02. The summed E-state index contributed by atoms with van der Waals surface area (Å²) >= 11 is 0. The Morgan fingerprint density at radius 3 is 2.22 bits per heavy atom. The Bertz CT molecular complexity index is 129. The van der Waals surface area contributed by atoms with Crippen molar-refractivity contribution in [3.8, 4) is 0 Å². The van der Waals surface area contributed by atoms with Crippen LogP contribution in [0.3, 0.4) is 0 Å². The molecule has 0 amide bonds. The zero-order valence-corrected chi connectivity index (χ0v) is 5.96. The Morgan fingerprint density at radius 2 is 2.00 bits per heavy atom. The van der Waals surface area contributed by atoms with Gasteiger partial charge in [0.2, 0.25) is 0 Å². The normalized spacial score (nSPS) is 21.1. The molecule has 0 aromatic carbocycles. The van der Waals surface area contributed by atoms with Crippen LogP contribution in [0, 0.1) is 0 Å². The van der Waals surface area contributed by atoms with Crippen molar-refractivity contribution in [3.05, 3.63) is 12.3 Å². The van der Waals surface area contributed by atoms with E-state index in [1.165, 1.54) is 0 Å². The summed E-state index contributed by atoms with van der Waals surface area (Å²) in [5.74, 6) is 0. The molecular formula is C7H12N2. The van der Waals surface area contributed by atoms with Gasteiger partial charge in [-0.05, 0) is 18.9 Å². The molecule has 0 radical (unpaired) electrons. The molecule has 1 aliphatic heterocycles. The minimum atomic E-state index is 0.0556. The highest BCUT2D eigenvalue weighted by Crippen LogP contribution is 2.26. The summed E-state index contributed by atoms with van der Waals surface area (Å²) in [6, 6.07) is 0. The molecule has 50 valence electrons. The smallest absolute Gasteiger partial charge is 0.101 e. The maximum Gasteiger partial charge on any atom is 0.101 e. The average molecular weight is 124 g/mol. The Morgan fingerprint density at radius 1 is 1.33 bits per heavy atom. The van der Waals surface area contributed by atoms with Crippen LogP contribution in [0.1, 0.15) is 26.7 Å². The minimum absolute atomic E-state index is 0.0556. The second-order valence-electron chi connectivity index (χ2n) is 2.34. The highest BCUT2D eigenvalue weighted by Gasteiger charge is 2.23. The highest BCUT2D eigenvalue weighted by atomic mass is 15.2. The van der Waals surface area contributed by atoms with Gasteiger partial charge in [0, 0.05) is 6.20 Å². The predicted molar refractivity (Wildman–Crippen MR) is 37.3 cm³/mol. The van der Waals surface area contributed by atoms with Gasteiger partial charge in [0.1, 0.15) is 5.54 Å². The molecule has 0 saturated carbocycles. The first-order valence-corrected chi connectivity index (χ1v) is 3.43. The third-order valence-electron chi connectivity index (χ3n) is 1.93. The topological polar surface area (TPSA) is 24.7 Å². The van der Waals surface area contributed by atoms with Crippen molar-refractivity contribution < 1.29 is 0 Å². The van der Waals surface area contributed by atoms with Crippen molar-refractivity contribution in [1.29, 1.82) is 0 Å². The molecule has 0 fully saturated rings. The monoisotopic (exact) mass is 124 g/mol. The number of rotatable bonds is 2. The summed E-state index contributed by atoms with van der Waals surface area (Å²) < 4.78 is 0. The molecule has 2 nitrogen and oxygen atoms in total. The molecular weight excluding hydrogens is 112 g/mol. The molecule has 1 aliphatic rings. The lowest BCUT2D eigenvalue weighted by Gasteiger charge is -2.16. The van der Waals surface area contributed by atoms with Crippen LogP contribution in [-0.4, -0.2) is 5.54 Å². The van der Waals surface area contributed by atoms with E-state index in [1.807, 2.05) is 0 Å². The minimum Gasteiger partial charge on any atom is -0.178 e. The van der Waals surface area contributed by atoms with E-state index >= 15 is 0 Å². The van der Waals surface area contributed by atoms with E-state index in [0.29, 0.717) is 0 Å². The molecule has 0 spiro atoms. The fourth-order valence-corrected chi connectivity index (χ4v) is 0.981. The van der Waals surface area contributed by atoms with E-state index < -0.39 is 0 Å². The molecule has 0 unspecified atom stereocenters. The van der Waals surface area contributed by atoms with Crippen molar-refractivity contribution in [2.75, 3.05) is 0 Å². The summed E-state index contributed by atoms with van der Waals surface area (Å²) in [6.07, 6.45) is 5.98. The Balaban J connectivity index is 2.69. The van der Waals surface area contributed by atoms with Crippen LogP contribution in [0.5, 0.6) is 0 Å². The lowest BCUT2D eigenvalue weighted by molar-refractivity contribution is 0.490. The molecule has 0 bridgehead atoms. The second-order valence-corrected chi connectivity index (χ2v) is 2.34. The molecule has 0 atom stereocenters. The molecule has 0 aromatic rings. The van der Waals surface area contributed by atoms with E-state index in [9.17, 15) is 0 Å². The second kappa shape index (κ2) is 2.29. The van der Waals surface area contributed by atoms with Gasteiger partial charge in [-0.1, -0.05) is 13.8 Å². The predicted octanol–water partition coefficient (Wildman–Crippen LogP) is 2.52. The summed E-state index contributed by atoms with van der Waals surface area (Å²) in [6.45, 7) is 4.27. The average Bonchev–Trinajstić information content (AvgIpc) is 2.36. The quantitative estimate of drug-likeness (QED) is 0.540. The standard InChI is InChI=1S/C7H12N2/c1-3-7(4-2)5-6-8-9-7/h5-6H,3-4H2,1-2H3. The van der Waals surface area contributed by atoms with E-state index in [-0.39, 0.29) is 5.54 Å². The molecule has 0 N–H and O–H groups in total. The Hall–Kier alpha value is -0.660. The van der Waals surface area contributed by atoms with Gasteiger partial charge >= 0.3 is 0 Å². The zero-order chi connectivity index (χ0) is 6.74. The zero-order valence-electron chi connectivity index (χ0n) is 5.96. The lowest BCUT2D eigenvalue weighted by atomic mass is 9.95. The third-order valence-corrected chi connectivity index (χ3v) is 1.93. The van der Waals surface area contributed by atoms with Gasteiger partial charge in [0.25, 0.3) is 0 Å². The molecule has 0 saturated heterocycles. The number of hydrogen-bond donors (Lipinski definition) is 0. The van der Waals surface area contributed by atoms with Crippen LogP contribution in [0.4, 0.5) is 0 Å². The lowest BCUT2D eigenvalue weighted by Crippen LogP contribution is -2.17. The van der Waals surface area contributed by atoms with Gasteiger partial charge < -0.3 is 0 Å². The number of azo groups is 1. The molecule has 1 rings (SSSR count). The van der Waals surface area contributed by atoms with E-state index in [0.717, 1.165) is 12.8 Å². The van der Waals surface area contributed by atoms with Crippen molar-refractivity contribution >= 4 is 0 Å². The van der Waals surface area contributed by atoms with Crippen molar-refractivity contribution in [3.63, 3.8) is 0 Å². The number of hydrogen-bond acceptors (Lipinski definition) is 2. The van der Waals surface area contributed by atoms with Crippen LogP contribution < -0.4 is 0 Å². The first-order valence-electron chi connectivity index (χ1n) is 3.43. The van der Waals surface area contributed by atoms with E-state index in [4.69, 9.17) is 0 Å². The van der Waals surface area contributed by atoms with Gasteiger partial charge in [-0.25, -0.2) is 0 Å². The van der Waals surface area contributed by atoms with Crippen molar-refractivity contribution in [1.82, 2.24) is 0 Å². The van der Waals surface area contributed by atoms with Gasteiger partial charge in [-0.3, -0.25) is 0 Å². The Labute approximate surface area is 55.7 Å². The van der Waals surface area contributed by atoms with Crippen LogP contribution in [0.25, 0.3) is 0 Å². The van der Waals surface area contributed by atoms with Crippen LogP contribution >= 0.6 is 0 Å². The van der Waals surface area contributed by atoms with Gasteiger partial charge in [0.05, 0.1) is 0 Å². The Kier molecular flexibility index (Phi) is 1.65. The first kappa shape index (κ1) is 6.46. The molecule has 9 heavy (non-hydrogen) atoms. The molecule has 0 aromatic heterocycles. The summed E-state index contributed by atoms with van der Waals surface area (Å²) in [5, 5.41) is 7.94. The fourth-order valence-electron chi connectivity index (χ4n) is 0.981. The van der Waals surface area contributed by atoms with E-state index in [1.54, 1.807) is 6.20 Å². The maximum absolute atomic E-state index is 4.12.